The van der Waals surface area contributed by atoms with Gasteiger partial charge in [-0.05, 0) is 37.8 Å². The summed E-state index contributed by atoms with van der Waals surface area (Å²) in [6, 6.07) is 2.67. The second kappa shape index (κ2) is 13.2. The summed E-state index contributed by atoms with van der Waals surface area (Å²) in [5.41, 5.74) is 4.99. The molecule has 172 valence electrons. The maximum Gasteiger partial charge on any atom is 0.290 e. The number of nitrogens with one attached hydrogen (secondary N) is 2. The number of aromatic hydroxyl groups is 1. The van der Waals surface area contributed by atoms with Gasteiger partial charge in [-0.3, -0.25) is 19.2 Å². The minimum atomic E-state index is -0.651. The van der Waals surface area contributed by atoms with Gasteiger partial charge in [0.2, 0.25) is 11.8 Å². The molecule has 2 rings (SSSR count). The molecule has 0 aromatic heterocycles. The highest BCUT2D eigenvalue weighted by Gasteiger charge is 2.35. The first-order valence-electron chi connectivity index (χ1n) is 9.78. The van der Waals surface area contributed by atoms with E-state index in [2.05, 4.69) is 10.6 Å². The molecule has 1 aliphatic carbocycles. The number of rotatable bonds is 8. The number of hydrogen-bond donors (Lipinski definition) is 5. The fourth-order valence-electron chi connectivity index (χ4n) is 3.26. The Labute approximate surface area is 178 Å². The molecular weight excluding hydrogens is 413 g/mol. The lowest BCUT2D eigenvalue weighted by Gasteiger charge is -2.36. The Balaban J connectivity index is 0.00000151. The minimum absolute atomic E-state index is 0.0593. The van der Waals surface area contributed by atoms with Gasteiger partial charge < -0.3 is 31.3 Å². The van der Waals surface area contributed by atoms with Crippen molar-refractivity contribution in [3.8, 4) is 5.75 Å². The number of carboxylic acid groups (broad SMARTS) is 1. The van der Waals surface area contributed by atoms with E-state index >= 15 is 0 Å². The monoisotopic (exact) mass is 441 g/mol. The van der Waals surface area contributed by atoms with Crippen molar-refractivity contribution in [1.29, 1.82) is 0 Å². The lowest BCUT2D eigenvalue weighted by Crippen LogP contribution is -2.51. The molecule has 11 heteroatoms. The van der Waals surface area contributed by atoms with Crippen molar-refractivity contribution < 1.29 is 38.5 Å². The number of phenols is 1. The van der Waals surface area contributed by atoms with Crippen LogP contribution in [0.15, 0.2) is 18.2 Å². The number of benzene rings is 1. The third-order valence-corrected chi connectivity index (χ3v) is 4.65. The predicted octanol–water partition coefficient (Wildman–Crippen LogP) is 0.527. The molecule has 3 amide bonds. The van der Waals surface area contributed by atoms with Crippen LogP contribution in [0.4, 0.5) is 4.39 Å². The number of amides is 3. The standard InChI is InChI=1S/C19H26FN3O5.CH2O2/c1-2-7-28-16-6-3-11(18(26)22-10-17(21)25)8-14(16)23-19(27)13-5-4-12(20)9-15(13)24;2-1-3/h4-5,9,11,14,16,24H,2-3,6-8,10H2,1H3,(H2,21,25)(H,22,26)(H,23,27);1H,(H,2,3)/t11-,14+,16+;/m0./s1. The summed E-state index contributed by atoms with van der Waals surface area (Å²) in [5.74, 6) is -3.04. The number of phenolic OH excluding ortho intramolecular Hbond substituents is 1. The van der Waals surface area contributed by atoms with Gasteiger partial charge in [0.15, 0.2) is 0 Å². The first-order valence-corrected chi connectivity index (χ1v) is 9.78. The van der Waals surface area contributed by atoms with Gasteiger partial charge >= 0.3 is 0 Å². The fraction of sp³-hybridized carbons (Fsp3) is 0.500. The van der Waals surface area contributed by atoms with E-state index in [1.54, 1.807) is 0 Å². The van der Waals surface area contributed by atoms with Crippen molar-refractivity contribution in [1.82, 2.24) is 10.6 Å². The van der Waals surface area contributed by atoms with Crippen molar-refractivity contribution in [2.75, 3.05) is 13.2 Å². The van der Waals surface area contributed by atoms with E-state index in [9.17, 15) is 23.9 Å². The molecule has 0 heterocycles. The second-order valence-corrected chi connectivity index (χ2v) is 6.95. The molecule has 1 fully saturated rings. The fourth-order valence-corrected chi connectivity index (χ4v) is 3.26. The van der Waals surface area contributed by atoms with Gasteiger partial charge in [0.05, 0.1) is 24.3 Å². The Morgan fingerprint density at radius 1 is 1.32 bits per heavy atom. The molecule has 1 aromatic rings. The summed E-state index contributed by atoms with van der Waals surface area (Å²) < 4.78 is 19.0. The van der Waals surface area contributed by atoms with Crippen LogP contribution >= 0.6 is 0 Å². The summed E-state index contributed by atoms with van der Waals surface area (Å²) >= 11 is 0. The van der Waals surface area contributed by atoms with E-state index in [0.29, 0.717) is 25.9 Å². The van der Waals surface area contributed by atoms with Crippen LogP contribution in [-0.4, -0.2) is 59.7 Å². The molecule has 31 heavy (non-hydrogen) atoms. The van der Waals surface area contributed by atoms with E-state index in [4.69, 9.17) is 20.4 Å². The topological polar surface area (TPSA) is 168 Å². The Kier molecular flexibility index (Phi) is 11.0. The number of ether oxygens (including phenoxy) is 1. The second-order valence-electron chi connectivity index (χ2n) is 6.95. The van der Waals surface area contributed by atoms with E-state index in [-0.39, 0.29) is 30.6 Å². The highest BCUT2D eigenvalue weighted by atomic mass is 19.1. The molecule has 3 atom stereocenters. The van der Waals surface area contributed by atoms with Crippen LogP contribution in [0.1, 0.15) is 43.0 Å². The Morgan fingerprint density at radius 2 is 2.00 bits per heavy atom. The van der Waals surface area contributed by atoms with Crippen molar-refractivity contribution in [2.45, 2.75) is 44.8 Å². The zero-order valence-corrected chi connectivity index (χ0v) is 17.2. The average Bonchev–Trinajstić information content (AvgIpc) is 2.71. The average molecular weight is 441 g/mol. The normalized spacial score (nSPS) is 20.0. The number of carbonyl (C=O) groups is 4. The van der Waals surface area contributed by atoms with Crippen molar-refractivity contribution in [2.24, 2.45) is 11.7 Å². The van der Waals surface area contributed by atoms with Crippen molar-refractivity contribution in [3.05, 3.63) is 29.6 Å². The molecule has 0 bridgehead atoms. The summed E-state index contributed by atoms with van der Waals surface area (Å²) in [4.78, 5) is 44.0. The van der Waals surface area contributed by atoms with E-state index in [1.807, 2.05) is 6.92 Å². The maximum absolute atomic E-state index is 13.2. The van der Waals surface area contributed by atoms with Gasteiger partial charge in [0, 0.05) is 18.6 Å². The number of halogens is 1. The molecule has 0 unspecified atom stereocenters. The Bertz CT molecular complexity index is 775. The largest absolute Gasteiger partial charge is 0.507 e. The first-order chi connectivity index (χ1) is 14.7. The Hall–Kier alpha value is -3.21. The summed E-state index contributed by atoms with van der Waals surface area (Å²) in [6.07, 6.45) is 1.93. The predicted molar refractivity (Wildman–Crippen MR) is 108 cm³/mol. The lowest BCUT2D eigenvalue weighted by molar-refractivity contribution is -0.129. The molecular formula is C20H28FN3O7. The SMILES string of the molecule is CCCO[C@@H]1CC[C@H](C(=O)NCC(N)=O)C[C@H]1NC(=O)c1ccc(F)cc1O.O=CO. The number of carbonyl (C=O) groups excluding carboxylic acids is 3. The van der Waals surface area contributed by atoms with Crippen LogP contribution in [0.5, 0.6) is 5.75 Å². The third kappa shape index (κ3) is 8.59. The highest BCUT2D eigenvalue weighted by molar-refractivity contribution is 5.97. The van der Waals surface area contributed by atoms with Crippen LogP contribution < -0.4 is 16.4 Å². The quantitative estimate of drug-likeness (QED) is 0.367. The zero-order valence-electron chi connectivity index (χ0n) is 17.2. The third-order valence-electron chi connectivity index (χ3n) is 4.65. The van der Waals surface area contributed by atoms with Crippen LogP contribution in [0.3, 0.4) is 0 Å². The highest BCUT2D eigenvalue weighted by Crippen LogP contribution is 2.28. The molecule has 0 radical (unpaired) electrons. The van der Waals surface area contributed by atoms with E-state index in [0.717, 1.165) is 18.6 Å². The van der Waals surface area contributed by atoms with E-state index < -0.39 is 35.3 Å². The first kappa shape index (κ1) is 25.8. The molecule has 6 N–H and O–H groups in total. The molecule has 0 aliphatic heterocycles. The number of hydrogen-bond acceptors (Lipinski definition) is 6. The molecule has 1 saturated carbocycles. The van der Waals surface area contributed by atoms with Crippen LogP contribution in [0.2, 0.25) is 0 Å². The van der Waals surface area contributed by atoms with Gasteiger partial charge in [-0.2, -0.15) is 0 Å². The molecule has 1 aliphatic rings. The van der Waals surface area contributed by atoms with Gasteiger partial charge in [0.1, 0.15) is 11.6 Å². The van der Waals surface area contributed by atoms with Crippen molar-refractivity contribution >= 4 is 24.2 Å². The van der Waals surface area contributed by atoms with Gasteiger partial charge in [-0.1, -0.05) is 6.92 Å². The zero-order chi connectivity index (χ0) is 23.4. The van der Waals surface area contributed by atoms with Crippen LogP contribution in [0.25, 0.3) is 0 Å². The minimum Gasteiger partial charge on any atom is -0.507 e. The van der Waals surface area contributed by atoms with Crippen LogP contribution in [0, 0.1) is 11.7 Å². The van der Waals surface area contributed by atoms with E-state index in [1.165, 1.54) is 6.07 Å². The Morgan fingerprint density at radius 3 is 2.58 bits per heavy atom. The van der Waals surface area contributed by atoms with Gasteiger partial charge in [0.25, 0.3) is 12.4 Å². The summed E-state index contributed by atoms with van der Waals surface area (Å²) in [5, 5.41) is 22.0. The summed E-state index contributed by atoms with van der Waals surface area (Å²) in [6.45, 7) is 1.98. The van der Waals surface area contributed by atoms with Gasteiger partial charge in [-0.15, -0.1) is 0 Å². The molecule has 10 nitrogen and oxygen atoms in total. The van der Waals surface area contributed by atoms with Gasteiger partial charge in [-0.25, -0.2) is 4.39 Å². The molecule has 0 saturated heterocycles. The number of primary amides is 1. The lowest BCUT2D eigenvalue weighted by atomic mass is 9.82. The smallest absolute Gasteiger partial charge is 0.290 e. The van der Waals surface area contributed by atoms with Crippen LogP contribution in [-0.2, 0) is 19.1 Å². The van der Waals surface area contributed by atoms with Crippen molar-refractivity contribution in [3.63, 3.8) is 0 Å². The summed E-state index contributed by atoms with van der Waals surface area (Å²) in [7, 11) is 0. The maximum atomic E-state index is 13.2. The molecule has 0 spiro atoms. The number of nitrogens with two attached hydrogens (primary N) is 1. The molecule has 1 aromatic carbocycles.